The summed E-state index contributed by atoms with van der Waals surface area (Å²) in [6, 6.07) is 12.4. The Morgan fingerprint density at radius 3 is 2.15 bits per heavy atom. The average Bonchev–Trinajstić information content (AvgIpc) is 2.99. The lowest BCUT2D eigenvalue weighted by Gasteiger charge is -2.36. The van der Waals surface area contributed by atoms with Crippen molar-refractivity contribution in [2.24, 2.45) is 0 Å². The molecule has 1 heterocycles. The largest absolute Gasteiger partial charge is 0.493 e. The Morgan fingerprint density at radius 2 is 1.52 bits per heavy atom. The Bertz CT molecular complexity index is 1040. The van der Waals surface area contributed by atoms with Gasteiger partial charge in [0.25, 0.3) is 5.91 Å². The third-order valence-corrected chi connectivity index (χ3v) is 7.39. The highest BCUT2D eigenvalue weighted by molar-refractivity contribution is 5.91. The van der Waals surface area contributed by atoms with Gasteiger partial charge >= 0.3 is 0 Å². The first-order valence-corrected chi connectivity index (χ1v) is 15.0. The zero-order valence-electron chi connectivity index (χ0n) is 25.0. The van der Waals surface area contributed by atoms with Crippen LogP contribution in [0.25, 0.3) is 6.08 Å². The van der Waals surface area contributed by atoms with Crippen LogP contribution in [0.5, 0.6) is 17.2 Å². The Hall–Kier alpha value is -3.19. The molecule has 1 amide bonds. The fourth-order valence-electron chi connectivity index (χ4n) is 4.96. The third kappa shape index (κ3) is 10.1. The molecule has 1 N–H and O–H groups in total. The van der Waals surface area contributed by atoms with Gasteiger partial charge in [-0.15, -0.1) is 0 Å². The molecule has 40 heavy (non-hydrogen) atoms. The molecule has 0 aromatic heterocycles. The van der Waals surface area contributed by atoms with Crippen molar-refractivity contribution in [2.45, 2.75) is 71.6 Å². The number of carbonyl (C=O) groups excluding carboxylic acids is 1. The summed E-state index contributed by atoms with van der Waals surface area (Å²) in [4.78, 5) is 15.0. The van der Waals surface area contributed by atoms with Crippen molar-refractivity contribution in [2.75, 3.05) is 51.9 Å². The number of nitrogens with zero attached hydrogens (tertiary/aromatic N) is 2. The molecule has 2 aromatic carbocycles. The lowest BCUT2D eigenvalue weighted by molar-refractivity contribution is -0.121. The van der Waals surface area contributed by atoms with E-state index < -0.39 is 0 Å². The quantitative estimate of drug-likeness (QED) is 0.175. The van der Waals surface area contributed by atoms with E-state index in [1.165, 1.54) is 49.8 Å². The number of hydrogen-bond donors (Lipinski definition) is 1. The van der Waals surface area contributed by atoms with Crippen LogP contribution in [0.1, 0.15) is 76.3 Å². The SMILES string of the molecule is CCCCCCCCCCOc1c(OC)cc(/C=C/C(=O)NN2CCN(c3cccc(CC)c3)CC2)cc1OC. The standard InChI is InChI=1S/C33H49N3O4/c1-5-7-8-9-10-11-12-13-23-40-33-30(38-3)25-28(26-31(33)39-4)17-18-32(37)34-36-21-19-35(20-22-36)29-16-14-15-27(6-2)24-29/h14-18,24-26H,5-13,19-23H2,1-4H3,(H,34,37)/b18-17+. The predicted molar refractivity (Wildman–Crippen MR) is 164 cm³/mol. The highest BCUT2D eigenvalue weighted by Gasteiger charge is 2.18. The molecule has 220 valence electrons. The fourth-order valence-corrected chi connectivity index (χ4v) is 4.96. The maximum atomic E-state index is 12.7. The highest BCUT2D eigenvalue weighted by atomic mass is 16.5. The van der Waals surface area contributed by atoms with Crippen molar-refractivity contribution in [3.63, 3.8) is 0 Å². The number of carbonyl (C=O) groups is 1. The Kier molecular flexibility index (Phi) is 13.7. The first-order chi connectivity index (χ1) is 19.6. The molecule has 0 radical (unpaired) electrons. The Balaban J connectivity index is 1.46. The van der Waals surface area contributed by atoms with E-state index >= 15 is 0 Å². The minimum absolute atomic E-state index is 0.158. The number of hydrazine groups is 1. The van der Waals surface area contributed by atoms with Crippen molar-refractivity contribution in [1.29, 1.82) is 0 Å². The van der Waals surface area contributed by atoms with Gasteiger partial charge in [0.05, 0.1) is 20.8 Å². The topological polar surface area (TPSA) is 63.3 Å². The van der Waals surface area contributed by atoms with Gasteiger partial charge in [-0.3, -0.25) is 10.2 Å². The molecule has 7 heteroatoms. The number of rotatable bonds is 17. The van der Waals surface area contributed by atoms with Gasteiger partial charge in [-0.2, -0.15) is 0 Å². The van der Waals surface area contributed by atoms with E-state index in [1.807, 2.05) is 17.1 Å². The van der Waals surface area contributed by atoms with Crippen LogP contribution in [0.4, 0.5) is 5.69 Å². The number of hydrogen-bond acceptors (Lipinski definition) is 6. The molecule has 0 saturated carbocycles. The highest BCUT2D eigenvalue weighted by Crippen LogP contribution is 2.39. The first-order valence-electron chi connectivity index (χ1n) is 15.0. The summed E-state index contributed by atoms with van der Waals surface area (Å²) in [5.74, 6) is 1.65. The van der Waals surface area contributed by atoms with Gasteiger partial charge in [-0.25, -0.2) is 5.01 Å². The zero-order chi connectivity index (χ0) is 28.6. The summed E-state index contributed by atoms with van der Waals surface area (Å²) in [5, 5.41) is 1.98. The molecule has 0 spiro atoms. The van der Waals surface area contributed by atoms with Gasteiger partial charge in [-0.1, -0.05) is 70.9 Å². The number of nitrogens with one attached hydrogen (secondary N) is 1. The molecule has 1 fully saturated rings. The van der Waals surface area contributed by atoms with Crippen molar-refractivity contribution >= 4 is 17.7 Å². The van der Waals surface area contributed by atoms with Gasteiger partial charge in [0.1, 0.15) is 0 Å². The lowest BCUT2D eigenvalue weighted by atomic mass is 10.1. The number of piperazine rings is 1. The number of unbranched alkanes of at least 4 members (excludes halogenated alkanes) is 7. The van der Waals surface area contributed by atoms with Gasteiger partial charge in [0.15, 0.2) is 11.5 Å². The number of anilines is 1. The number of methoxy groups -OCH3 is 2. The second-order valence-corrected chi connectivity index (χ2v) is 10.4. The molecule has 0 bridgehead atoms. The van der Waals surface area contributed by atoms with Crippen LogP contribution in [0.15, 0.2) is 42.5 Å². The molecule has 1 saturated heterocycles. The maximum Gasteiger partial charge on any atom is 0.258 e. The third-order valence-electron chi connectivity index (χ3n) is 7.39. The van der Waals surface area contributed by atoms with Gasteiger partial charge < -0.3 is 19.1 Å². The molecule has 1 aliphatic heterocycles. The summed E-state index contributed by atoms with van der Waals surface area (Å²) < 4.78 is 17.3. The minimum Gasteiger partial charge on any atom is -0.493 e. The summed E-state index contributed by atoms with van der Waals surface area (Å²) in [6.45, 7) is 8.31. The second-order valence-electron chi connectivity index (χ2n) is 10.4. The van der Waals surface area contributed by atoms with Crippen molar-refractivity contribution < 1.29 is 19.0 Å². The second kappa shape index (κ2) is 17.5. The molecular weight excluding hydrogens is 502 g/mol. The molecule has 0 unspecified atom stereocenters. The molecule has 1 aliphatic rings. The zero-order valence-corrected chi connectivity index (χ0v) is 25.0. The fraction of sp³-hybridized carbons (Fsp3) is 0.545. The minimum atomic E-state index is -0.158. The normalized spacial score (nSPS) is 13.9. The molecule has 2 aromatic rings. The molecule has 3 rings (SSSR count). The van der Waals surface area contributed by atoms with Crippen molar-refractivity contribution in [1.82, 2.24) is 10.4 Å². The van der Waals surface area contributed by atoms with E-state index in [0.717, 1.165) is 51.0 Å². The maximum absolute atomic E-state index is 12.7. The summed E-state index contributed by atoms with van der Waals surface area (Å²) in [6.07, 6.45) is 14.3. The van der Waals surface area contributed by atoms with Crippen LogP contribution in [-0.2, 0) is 11.2 Å². The Morgan fingerprint density at radius 1 is 0.875 bits per heavy atom. The predicted octanol–water partition coefficient (Wildman–Crippen LogP) is 6.65. The van der Waals surface area contributed by atoms with Crippen LogP contribution in [0.3, 0.4) is 0 Å². The van der Waals surface area contributed by atoms with E-state index in [-0.39, 0.29) is 5.91 Å². The summed E-state index contributed by atoms with van der Waals surface area (Å²) >= 11 is 0. The van der Waals surface area contributed by atoms with E-state index in [2.05, 4.69) is 48.4 Å². The lowest BCUT2D eigenvalue weighted by Crippen LogP contribution is -2.53. The average molecular weight is 552 g/mol. The van der Waals surface area contributed by atoms with E-state index in [0.29, 0.717) is 23.9 Å². The van der Waals surface area contributed by atoms with Crippen LogP contribution in [0.2, 0.25) is 0 Å². The van der Waals surface area contributed by atoms with Crippen LogP contribution < -0.4 is 24.5 Å². The smallest absolute Gasteiger partial charge is 0.258 e. The van der Waals surface area contributed by atoms with Gasteiger partial charge in [0, 0.05) is 37.9 Å². The first kappa shape index (κ1) is 31.3. The Labute approximate surface area is 241 Å². The molecule has 0 atom stereocenters. The van der Waals surface area contributed by atoms with Crippen LogP contribution >= 0.6 is 0 Å². The van der Waals surface area contributed by atoms with Crippen LogP contribution in [-0.4, -0.2) is 57.9 Å². The molecule has 7 nitrogen and oxygen atoms in total. The van der Waals surface area contributed by atoms with E-state index in [9.17, 15) is 4.79 Å². The molecule has 0 aliphatic carbocycles. The number of ether oxygens (including phenoxy) is 3. The van der Waals surface area contributed by atoms with Crippen LogP contribution in [0, 0.1) is 0 Å². The number of aryl methyl sites for hydroxylation is 1. The van der Waals surface area contributed by atoms with E-state index in [4.69, 9.17) is 14.2 Å². The molecular formula is C33H49N3O4. The van der Waals surface area contributed by atoms with E-state index in [1.54, 1.807) is 26.4 Å². The van der Waals surface area contributed by atoms with Crippen molar-refractivity contribution in [3.05, 3.63) is 53.6 Å². The number of benzene rings is 2. The monoisotopic (exact) mass is 551 g/mol. The summed E-state index contributed by atoms with van der Waals surface area (Å²) in [5.41, 5.74) is 6.40. The van der Waals surface area contributed by atoms with Gasteiger partial charge in [-0.05, 0) is 54.3 Å². The number of amides is 1. The summed E-state index contributed by atoms with van der Waals surface area (Å²) in [7, 11) is 3.24. The van der Waals surface area contributed by atoms with Crippen molar-refractivity contribution in [3.8, 4) is 17.2 Å². The van der Waals surface area contributed by atoms with Gasteiger partial charge in [0.2, 0.25) is 5.75 Å².